The van der Waals surface area contributed by atoms with Crippen LogP contribution in [0.2, 0.25) is 5.02 Å². The van der Waals surface area contributed by atoms with Gasteiger partial charge in [-0.3, -0.25) is 0 Å². The minimum atomic E-state index is 0.361. The van der Waals surface area contributed by atoms with E-state index in [1.165, 1.54) is 44.1 Å². The molecule has 1 N–H and O–H groups in total. The third-order valence-electron chi connectivity index (χ3n) is 5.46. The van der Waals surface area contributed by atoms with Gasteiger partial charge in [0.25, 0.3) is 0 Å². The zero-order chi connectivity index (χ0) is 14.9. The number of nitrogens with one attached hydrogen (secondary N) is 1. The average molecular weight is 307 g/mol. The summed E-state index contributed by atoms with van der Waals surface area (Å²) in [5.74, 6) is 0.812. The number of hydrogen-bond acceptors (Lipinski definition) is 2. The van der Waals surface area contributed by atoms with Gasteiger partial charge in [0.15, 0.2) is 0 Å². The molecule has 1 atom stereocenters. The SMILES string of the molecule is CN(C)C1(CNC(c2ccc(Cl)cc2)C2CC2)CCCC1. The molecule has 0 saturated heterocycles. The fourth-order valence-electron chi connectivity index (χ4n) is 3.77. The van der Waals surface area contributed by atoms with Crippen molar-refractivity contribution < 1.29 is 0 Å². The molecule has 3 rings (SSSR count). The maximum atomic E-state index is 6.03. The monoisotopic (exact) mass is 306 g/mol. The van der Waals surface area contributed by atoms with E-state index in [0.717, 1.165) is 17.5 Å². The van der Waals surface area contributed by atoms with Crippen molar-refractivity contribution in [3.63, 3.8) is 0 Å². The van der Waals surface area contributed by atoms with Crippen molar-refractivity contribution in [2.75, 3.05) is 20.6 Å². The van der Waals surface area contributed by atoms with Gasteiger partial charge in [-0.15, -0.1) is 0 Å². The van der Waals surface area contributed by atoms with E-state index in [9.17, 15) is 0 Å². The van der Waals surface area contributed by atoms with Crippen molar-refractivity contribution in [2.24, 2.45) is 5.92 Å². The molecule has 2 saturated carbocycles. The molecule has 0 amide bonds. The van der Waals surface area contributed by atoms with Gasteiger partial charge in [-0.2, -0.15) is 0 Å². The Balaban J connectivity index is 1.69. The van der Waals surface area contributed by atoms with Gasteiger partial charge in [0.05, 0.1) is 0 Å². The molecule has 0 bridgehead atoms. The number of rotatable bonds is 6. The molecule has 0 radical (unpaired) electrons. The van der Waals surface area contributed by atoms with Crippen molar-refractivity contribution in [3.05, 3.63) is 34.9 Å². The van der Waals surface area contributed by atoms with Crippen LogP contribution in [-0.4, -0.2) is 31.1 Å². The quantitative estimate of drug-likeness (QED) is 0.845. The fraction of sp³-hybridized carbons (Fsp3) is 0.667. The topological polar surface area (TPSA) is 15.3 Å². The van der Waals surface area contributed by atoms with Gasteiger partial charge in [-0.25, -0.2) is 0 Å². The zero-order valence-corrected chi connectivity index (χ0v) is 14.0. The van der Waals surface area contributed by atoms with Crippen LogP contribution < -0.4 is 5.32 Å². The summed E-state index contributed by atoms with van der Waals surface area (Å²) in [4.78, 5) is 2.44. The molecule has 0 aromatic heterocycles. The Morgan fingerprint density at radius 3 is 2.33 bits per heavy atom. The molecule has 2 aliphatic carbocycles. The molecule has 2 aliphatic rings. The molecule has 0 heterocycles. The third kappa shape index (κ3) is 3.44. The minimum Gasteiger partial charge on any atom is -0.308 e. The Bertz CT molecular complexity index is 459. The number of likely N-dealkylation sites (N-methyl/N-ethyl adjacent to an activating group) is 1. The zero-order valence-electron chi connectivity index (χ0n) is 13.2. The van der Waals surface area contributed by atoms with Crippen molar-refractivity contribution in [1.29, 1.82) is 0 Å². The standard InChI is InChI=1S/C18H27ClN2/c1-21(2)18(11-3-4-12-18)13-20-17(14-5-6-14)15-7-9-16(19)10-8-15/h7-10,14,17,20H,3-6,11-13H2,1-2H3. The van der Waals surface area contributed by atoms with E-state index >= 15 is 0 Å². The van der Waals surface area contributed by atoms with Crippen LogP contribution in [-0.2, 0) is 0 Å². The third-order valence-corrected chi connectivity index (χ3v) is 5.71. The second-order valence-corrected chi connectivity index (χ2v) is 7.51. The highest BCUT2D eigenvalue weighted by molar-refractivity contribution is 6.30. The lowest BCUT2D eigenvalue weighted by Gasteiger charge is -2.38. The van der Waals surface area contributed by atoms with Gasteiger partial charge >= 0.3 is 0 Å². The summed E-state index contributed by atoms with van der Waals surface area (Å²) >= 11 is 6.03. The van der Waals surface area contributed by atoms with E-state index in [1.807, 2.05) is 12.1 Å². The van der Waals surface area contributed by atoms with Crippen LogP contribution in [0.15, 0.2) is 24.3 Å². The lowest BCUT2D eigenvalue weighted by Crippen LogP contribution is -2.50. The maximum absolute atomic E-state index is 6.03. The molecule has 1 unspecified atom stereocenters. The summed E-state index contributed by atoms with van der Waals surface area (Å²) in [5, 5.41) is 4.72. The number of nitrogens with zero attached hydrogens (tertiary/aromatic N) is 1. The van der Waals surface area contributed by atoms with Crippen LogP contribution in [0.4, 0.5) is 0 Å². The first kappa shape index (κ1) is 15.3. The van der Waals surface area contributed by atoms with Crippen LogP contribution >= 0.6 is 11.6 Å². The lowest BCUT2D eigenvalue weighted by atomic mass is 9.94. The normalized spacial score (nSPS) is 22.7. The van der Waals surface area contributed by atoms with Gasteiger partial charge in [-0.1, -0.05) is 36.6 Å². The molecule has 116 valence electrons. The first-order valence-corrected chi connectivity index (χ1v) is 8.65. The molecule has 1 aromatic rings. The summed E-state index contributed by atoms with van der Waals surface area (Å²) in [5.41, 5.74) is 1.76. The Morgan fingerprint density at radius 2 is 1.81 bits per heavy atom. The first-order chi connectivity index (χ1) is 10.1. The lowest BCUT2D eigenvalue weighted by molar-refractivity contribution is 0.147. The smallest absolute Gasteiger partial charge is 0.0406 e. The van der Waals surface area contributed by atoms with Crippen molar-refractivity contribution in [1.82, 2.24) is 10.2 Å². The Hall–Kier alpha value is -0.570. The molecule has 0 aliphatic heterocycles. The maximum Gasteiger partial charge on any atom is 0.0406 e. The van der Waals surface area contributed by atoms with Gasteiger partial charge in [0.2, 0.25) is 0 Å². The van der Waals surface area contributed by atoms with Gasteiger partial charge < -0.3 is 10.2 Å². The fourth-order valence-corrected chi connectivity index (χ4v) is 3.90. The van der Waals surface area contributed by atoms with E-state index in [-0.39, 0.29) is 0 Å². The van der Waals surface area contributed by atoms with Crippen LogP contribution in [0.1, 0.15) is 50.1 Å². The predicted octanol–water partition coefficient (Wildman–Crippen LogP) is 4.26. The number of halogens is 1. The van der Waals surface area contributed by atoms with E-state index in [1.54, 1.807) is 0 Å². The van der Waals surface area contributed by atoms with Crippen LogP contribution in [0.25, 0.3) is 0 Å². The largest absolute Gasteiger partial charge is 0.308 e. The molecule has 2 nitrogen and oxygen atoms in total. The Kier molecular flexibility index (Phi) is 4.58. The highest BCUT2D eigenvalue weighted by atomic mass is 35.5. The van der Waals surface area contributed by atoms with E-state index in [4.69, 9.17) is 11.6 Å². The summed E-state index contributed by atoms with van der Waals surface area (Å²) in [7, 11) is 4.48. The molecule has 21 heavy (non-hydrogen) atoms. The van der Waals surface area contributed by atoms with E-state index in [0.29, 0.717) is 11.6 Å². The average Bonchev–Trinajstić information content (AvgIpc) is 3.18. The minimum absolute atomic E-state index is 0.361. The Labute approximate surface area is 133 Å². The Morgan fingerprint density at radius 1 is 1.19 bits per heavy atom. The van der Waals surface area contributed by atoms with Gasteiger partial charge in [-0.05, 0) is 63.4 Å². The van der Waals surface area contributed by atoms with Gasteiger partial charge in [0.1, 0.15) is 0 Å². The number of benzene rings is 1. The van der Waals surface area contributed by atoms with Crippen LogP contribution in [0.5, 0.6) is 0 Å². The van der Waals surface area contributed by atoms with Crippen molar-refractivity contribution >= 4 is 11.6 Å². The number of hydrogen-bond donors (Lipinski definition) is 1. The predicted molar refractivity (Wildman–Crippen MR) is 89.8 cm³/mol. The van der Waals surface area contributed by atoms with E-state index < -0.39 is 0 Å². The summed E-state index contributed by atoms with van der Waals surface area (Å²) in [6, 6.07) is 8.92. The second-order valence-electron chi connectivity index (χ2n) is 7.07. The molecular weight excluding hydrogens is 280 g/mol. The van der Waals surface area contributed by atoms with Gasteiger partial charge in [0, 0.05) is 23.1 Å². The van der Waals surface area contributed by atoms with Crippen molar-refractivity contribution in [3.8, 4) is 0 Å². The summed E-state index contributed by atoms with van der Waals surface area (Å²) in [6.45, 7) is 1.10. The van der Waals surface area contributed by atoms with Crippen LogP contribution in [0.3, 0.4) is 0 Å². The van der Waals surface area contributed by atoms with Crippen molar-refractivity contribution in [2.45, 2.75) is 50.1 Å². The highest BCUT2D eigenvalue weighted by Gasteiger charge is 2.38. The van der Waals surface area contributed by atoms with Crippen LogP contribution in [0, 0.1) is 5.92 Å². The molecule has 1 aromatic carbocycles. The molecule has 2 fully saturated rings. The van der Waals surface area contributed by atoms with E-state index in [2.05, 4.69) is 36.4 Å². The highest BCUT2D eigenvalue weighted by Crippen LogP contribution is 2.42. The molecule has 0 spiro atoms. The summed E-state index contributed by atoms with van der Waals surface area (Å²) < 4.78 is 0. The molecule has 3 heteroatoms. The summed E-state index contributed by atoms with van der Waals surface area (Å²) in [6.07, 6.45) is 8.10. The molecular formula is C18H27ClN2. The second kappa shape index (κ2) is 6.28. The first-order valence-electron chi connectivity index (χ1n) is 8.27.